The molecule has 0 aliphatic carbocycles. The molecule has 1 nitrogen and oxygen atoms in total. The van der Waals surface area contributed by atoms with Gasteiger partial charge in [-0.25, -0.2) is 0 Å². The number of hydrogen-bond donors (Lipinski definition) is 0. The van der Waals surface area contributed by atoms with Gasteiger partial charge in [-0.05, 0) is 6.42 Å². The van der Waals surface area contributed by atoms with E-state index in [2.05, 4.69) is 6.58 Å². The Kier molecular flexibility index (Phi) is 6.37. The third kappa shape index (κ3) is 5.66. The Morgan fingerprint density at radius 2 is 2.38 bits per heavy atom. The van der Waals surface area contributed by atoms with Gasteiger partial charge in [0.05, 0.1) is 0 Å². The maximum Gasteiger partial charge on any atom is 0.145 e. The minimum absolute atomic E-state index is 0.848. The third-order valence-electron chi connectivity index (χ3n) is 0.761. The Bertz CT molecular complexity index is 78.6. The van der Waals surface area contributed by atoms with Gasteiger partial charge in [0.1, 0.15) is 10.5 Å². The highest BCUT2D eigenvalue weighted by Gasteiger charge is 1.72. The van der Waals surface area contributed by atoms with Gasteiger partial charge >= 0.3 is 0 Å². The van der Waals surface area contributed by atoms with Crippen molar-refractivity contribution in [3.05, 3.63) is 24.8 Å². The smallest absolute Gasteiger partial charge is 0.145 e. The van der Waals surface area contributed by atoms with Gasteiger partial charge in [-0.3, -0.25) is 0 Å². The van der Waals surface area contributed by atoms with Crippen LogP contribution in [0.25, 0.3) is 0 Å². The normalized spacial score (nSPS) is 10.5. The summed E-state index contributed by atoms with van der Waals surface area (Å²) in [5, 5.41) is 0. The first-order valence-corrected chi connectivity index (χ1v) is 3.50. The van der Waals surface area contributed by atoms with Crippen molar-refractivity contribution in [2.45, 2.75) is 6.42 Å². The molecule has 0 aliphatic rings. The van der Waals surface area contributed by atoms with Crippen molar-refractivity contribution in [1.82, 2.24) is 0 Å². The van der Waals surface area contributed by atoms with E-state index in [1.54, 1.807) is 6.08 Å². The van der Waals surface area contributed by atoms with E-state index in [0.29, 0.717) is 0 Å². The lowest BCUT2D eigenvalue weighted by Crippen LogP contribution is -1.84. The fraction of sp³-hybridized carbons (Fsp3) is 0.333. The van der Waals surface area contributed by atoms with Crippen molar-refractivity contribution in [2.24, 2.45) is 0 Å². The SMILES string of the molecule is C=CC=CCCO[SiH3]. The van der Waals surface area contributed by atoms with Gasteiger partial charge in [-0.15, -0.1) is 0 Å². The van der Waals surface area contributed by atoms with Crippen LogP contribution in [0.2, 0.25) is 0 Å². The predicted molar refractivity (Wildman–Crippen MR) is 39.8 cm³/mol. The molecule has 0 heterocycles. The largest absolute Gasteiger partial charge is 0.428 e. The van der Waals surface area contributed by atoms with Crippen LogP contribution in [0, 0.1) is 0 Å². The first-order chi connectivity index (χ1) is 3.91. The van der Waals surface area contributed by atoms with Gasteiger partial charge in [-0.1, -0.05) is 24.8 Å². The Morgan fingerprint density at radius 3 is 2.88 bits per heavy atom. The maximum atomic E-state index is 4.94. The van der Waals surface area contributed by atoms with Crippen LogP contribution in [-0.4, -0.2) is 17.1 Å². The van der Waals surface area contributed by atoms with Crippen LogP contribution in [0.5, 0.6) is 0 Å². The van der Waals surface area contributed by atoms with Crippen LogP contribution >= 0.6 is 0 Å². The second-order valence-electron chi connectivity index (χ2n) is 1.45. The Balaban J connectivity index is 2.91. The Morgan fingerprint density at radius 1 is 1.62 bits per heavy atom. The molecule has 0 aromatic carbocycles. The van der Waals surface area contributed by atoms with Crippen molar-refractivity contribution in [1.29, 1.82) is 0 Å². The molecule has 0 amide bonds. The highest BCUT2D eigenvalue weighted by atomic mass is 28.2. The minimum Gasteiger partial charge on any atom is -0.428 e. The molecule has 0 saturated heterocycles. The second kappa shape index (κ2) is 6.66. The molecular formula is C6H12OSi. The van der Waals surface area contributed by atoms with E-state index in [-0.39, 0.29) is 0 Å². The standard InChI is InChI=1S/C6H12OSi/c1-2-3-4-5-6-7-8/h2-4H,1,5-6H2,8H3. The van der Waals surface area contributed by atoms with Crippen molar-refractivity contribution in [2.75, 3.05) is 6.61 Å². The summed E-state index contributed by atoms with van der Waals surface area (Å²) in [6.07, 6.45) is 6.76. The second-order valence-corrected chi connectivity index (χ2v) is 2.02. The summed E-state index contributed by atoms with van der Waals surface area (Å²) in [5.74, 6) is 0. The predicted octanol–water partition coefficient (Wildman–Crippen LogP) is 0.416. The number of hydrogen-bond acceptors (Lipinski definition) is 1. The van der Waals surface area contributed by atoms with Gasteiger partial charge in [0.25, 0.3) is 0 Å². The van der Waals surface area contributed by atoms with Crippen LogP contribution in [0.15, 0.2) is 24.8 Å². The van der Waals surface area contributed by atoms with E-state index >= 15 is 0 Å². The molecule has 0 aromatic heterocycles. The molecule has 0 atom stereocenters. The summed E-state index contributed by atoms with van der Waals surface area (Å²) in [4.78, 5) is 0. The molecule has 0 spiro atoms. The highest BCUT2D eigenvalue weighted by Crippen LogP contribution is 1.81. The summed E-state index contributed by atoms with van der Waals surface area (Å²) in [6, 6.07) is 0. The van der Waals surface area contributed by atoms with Crippen LogP contribution in [-0.2, 0) is 4.43 Å². The first kappa shape index (κ1) is 7.66. The Hall–Kier alpha value is -0.343. The average molecular weight is 128 g/mol. The molecular weight excluding hydrogens is 116 g/mol. The summed E-state index contributed by atoms with van der Waals surface area (Å²) >= 11 is 0. The number of allylic oxidation sites excluding steroid dienone is 2. The van der Waals surface area contributed by atoms with Crippen LogP contribution < -0.4 is 0 Å². The molecule has 0 fully saturated rings. The maximum absolute atomic E-state index is 4.94. The van der Waals surface area contributed by atoms with Gasteiger partial charge in [0.15, 0.2) is 0 Å². The van der Waals surface area contributed by atoms with Crippen molar-refractivity contribution < 1.29 is 4.43 Å². The van der Waals surface area contributed by atoms with Crippen LogP contribution in [0.3, 0.4) is 0 Å². The minimum atomic E-state index is 0.848. The zero-order chi connectivity index (χ0) is 6.24. The zero-order valence-corrected chi connectivity index (χ0v) is 7.26. The fourth-order valence-electron chi connectivity index (χ4n) is 0.378. The lowest BCUT2D eigenvalue weighted by Gasteiger charge is -1.88. The van der Waals surface area contributed by atoms with Gasteiger partial charge in [0, 0.05) is 6.61 Å². The molecule has 0 N–H and O–H groups in total. The van der Waals surface area contributed by atoms with E-state index < -0.39 is 0 Å². The molecule has 0 aliphatic heterocycles. The molecule has 0 saturated carbocycles. The lowest BCUT2D eigenvalue weighted by atomic mass is 10.4. The van der Waals surface area contributed by atoms with Gasteiger partial charge in [-0.2, -0.15) is 0 Å². The van der Waals surface area contributed by atoms with Crippen molar-refractivity contribution in [3.63, 3.8) is 0 Å². The van der Waals surface area contributed by atoms with Crippen molar-refractivity contribution >= 4 is 10.5 Å². The molecule has 8 heavy (non-hydrogen) atoms. The van der Waals surface area contributed by atoms with Crippen LogP contribution in [0.4, 0.5) is 0 Å². The zero-order valence-electron chi connectivity index (χ0n) is 5.26. The molecule has 0 aromatic rings. The molecule has 0 unspecified atom stereocenters. The molecule has 0 rings (SSSR count). The van der Waals surface area contributed by atoms with E-state index in [4.69, 9.17) is 4.43 Å². The topological polar surface area (TPSA) is 9.23 Å². The van der Waals surface area contributed by atoms with Gasteiger partial charge in [0.2, 0.25) is 0 Å². The first-order valence-electron chi connectivity index (χ1n) is 2.68. The highest BCUT2D eigenvalue weighted by molar-refractivity contribution is 5.97. The third-order valence-corrected chi connectivity index (χ3v) is 1.17. The van der Waals surface area contributed by atoms with Crippen LogP contribution in [0.1, 0.15) is 6.42 Å². The fourth-order valence-corrected chi connectivity index (χ4v) is 0.614. The summed E-state index contributed by atoms with van der Waals surface area (Å²) < 4.78 is 4.94. The summed E-state index contributed by atoms with van der Waals surface area (Å²) in [7, 11) is 0.848. The summed E-state index contributed by atoms with van der Waals surface area (Å²) in [5.41, 5.74) is 0. The number of rotatable bonds is 4. The van der Waals surface area contributed by atoms with Crippen molar-refractivity contribution in [3.8, 4) is 0 Å². The average Bonchev–Trinajstić information content (AvgIpc) is 1.81. The van der Waals surface area contributed by atoms with E-state index in [9.17, 15) is 0 Å². The van der Waals surface area contributed by atoms with E-state index in [1.165, 1.54) is 0 Å². The lowest BCUT2D eigenvalue weighted by molar-refractivity contribution is 0.358. The molecule has 2 heteroatoms. The molecule has 46 valence electrons. The Labute approximate surface area is 53.6 Å². The summed E-state index contributed by atoms with van der Waals surface area (Å²) in [6.45, 7) is 4.40. The monoisotopic (exact) mass is 128 g/mol. The van der Waals surface area contributed by atoms with E-state index in [1.807, 2.05) is 12.2 Å². The quantitative estimate of drug-likeness (QED) is 0.303. The van der Waals surface area contributed by atoms with E-state index in [0.717, 1.165) is 23.5 Å². The van der Waals surface area contributed by atoms with Gasteiger partial charge < -0.3 is 4.43 Å². The molecule has 0 bridgehead atoms. The molecule has 0 radical (unpaired) electrons.